The molecule has 5 nitrogen and oxygen atoms in total. The summed E-state index contributed by atoms with van der Waals surface area (Å²) in [5.74, 6) is 1.01. The van der Waals surface area contributed by atoms with Crippen molar-refractivity contribution in [2.75, 3.05) is 4.90 Å². The van der Waals surface area contributed by atoms with Gasteiger partial charge in [0.25, 0.3) is 0 Å². The average molecular weight is 416 g/mol. The number of aromatic hydroxyl groups is 1. The standard InChI is InChI=1S/C24H21N3O2S/c1-15-7-11-17(12-8-15)25-24-27(18-13-9-16(2)10-14-18)23-22(30-24)21(29-26-23)19-5-3-4-6-20(19)28/h3-14,21-22,28H,1-2H3. The second kappa shape index (κ2) is 7.54. The number of oxime groups is 1. The van der Waals surface area contributed by atoms with Crippen molar-refractivity contribution in [2.45, 2.75) is 25.2 Å². The average Bonchev–Trinajstić information content (AvgIpc) is 3.30. The molecule has 0 spiro atoms. The summed E-state index contributed by atoms with van der Waals surface area (Å²) in [5.41, 5.74) is 5.00. The molecule has 2 unspecified atom stereocenters. The molecule has 3 aromatic rings. The minimum absolute atomic E-state index is 0.0937. The summed E-state index contributed by atoms with van der Waals surface area (Å²) in [4.78, 5) is 12.8. The van der Waals surface area contributed by atoms with Gasteiger partial charge in [-0.2, -0.15) is 0 Å². The van der Waals surface area contributed by atoms with E-state index in [-0.39, 0.29) is 17.1 Å². The highest BCUT2D eigenvalue weighted by molar-refractivity contribution is 8.16. The number of thioether (sulfide) groups is 1. The second-order valence-electron chi connectivity index (χ2n) is 7.47. The summed E-state index contributed by atoms with van der Waals surface area (Å²) in [6, 6.07) is 23.7. The molecule has 0 bridgehead atoms. The van der Waals surface area contributed by atoms with Crippen LogP contribution in [0, 0.1) is 13.8 Å². The highest BCUT2D eigenvalue weighted by atomic mass is 32.2. The fraction of sp³-hybridized carbons (Fsp3) is 0.167. The van der Waals surface area contributed by atoms with Crippen molar-refractivity contribution in [2.24, 2.45) is 10.1 Å². The zero-order valence-electron chi connectivity index (χ0n) is 16.7. The fourth-order valence-electron chi connectivity index (χ4n) is 3.59. The molecule has 2 atom stereocenters. The molecule has 5 rings (SSSR count). The quantitative estimate of drug-likeness (QED) is 0.596. The first-order valence-electron chi connectivity index (χ1n) is 9.80. The van der Waals surface area contributed by atoms with E-state index in [2.05, 4.69) is 60.3 Å². The van der Waals surface area contributed by atoms with Crippen molar-refractivity contribution in [1.82, 2.24) is 0 Å². The predicted molar refractivity (Wildman–Crippen MR) is 123 cm³/mol. The molecule has 0 aromatic heterocycles. The normalized spacial score (nSPS) is 21.5. The number of aliphatic imine (C=N–C) groups is 1. The maximum atomic E-state index is 10.3. The minimum Gasteiger partial charge on any atom is -0.508 e. The number of benzene rings is 3. The van der Waals surface area contributed by atoms with E-state index in [1.165, 1.54) is 11.1 Å². The lowest BCUT2D eigenvalue weighted by molar-refractivity contribution is 0.0865. The third kappa shape index (κ3) is 3.33. The lowest BCUT2D eigenvalue weighted by Crippen LogP contribution is -2.31. The number of aryl methyl sites for hydroxylation is 2. The van der Waals surface area contributed by atoms with Crippen LogP contribution in [0.15, 0.2) is 82.9 Å². The Morgan fingerprint density at radius 1 is 0.933 bits per heavy atom. The van der Waals surface area contributed by atoms with Crippen molar-refractivity contribution >= 4 is 34.1 Å². The van der Waals surface area contributed by atoms with E-state index in [1.54, 1.807) is 23.9 Å². The summed E-state index contributed by atoms with van der Waals surface area (Å²) in [7, 11) is 0. The third-order valence-corrected chi connectivity index (χ3v) is 6.43. The molecule has 6 heteroatoms. The number of phenolic OH excluding ortho intramolecular Hbond substituents is 1. The largest absolute Gasteiger partial charge is 0.508 e. The van der Waals surface area contributed by atoms with Crippen LogP contribution >= 0.6 is 11.8 Å². The van der Waals surface area contributed by atoms with Gasteiger partial charge in [0, 0.05) is 11.3 Å². The van der Waals surface area contributed by atoms with Gasteiger partial charge in [-0.3, -0.25) is 4.90 Å². The van der Waals surface area contributed by atoms with Gasteiger partial charge in [0.15, 0.2) is 17.1 Å². The van der Waals surface area contributed by atoms with E-state index < -0.39 is 0 Å². The fourth-order valence-corrected chi connectivity index (χ4v) is 4.85. The highest BCUT2D eigenvalue weighted by Crippen LogP contribution is 2.46. The van der Waals surface area contributed by atoms with E-state index in [0.29, 0.717) is 0 Å². The first-order chi connectivity index (χ1) is 14.6. The number of rotatable bonds is 3. The van der Waals surface area contributed by atoms with E-state index in [4.69, 9.17) is 9.83 Å². The summed E-state index contributed by atoms with van der Waals surface area (Å²) in [5, 5.41) is 15.5. The Hall–Kier alpha value is -3.25. The summed E-state index contributed by atoms with van der Waals surface area (Å²) in [6.45, 7) is 4.13. The molecule has 150 valence electrons. The van der Waals surface area contributed by atoms with Gasteiger partial charge < -0.3 is 9.94 Å². The van der Waals surface area contributed by atoms with Crippen molar-refractivity contribution < 1.29 is 9.94 Å². The Balaban J connectivity index is 1.56. The van der Waals surface area contributed by atoms with Gasteiger partial charge in [-0.15, -0.1) is 0 Å². The molecule has 0 radical (unpaired) electrons. The first-order valence-corrected chi connectivity index (χ1v) is 10.7. The predicted octanol–water partition coefficient (Wildman–Crippen LogP) is 5.70. The van der Waals surface area contributed by atoms with Crippen LogP contribution in [0.1, 0.15) is 22.8 Å². The number of anilines is 1. The molecule has 0 amide bonds. The third-order valence-electron chi connectivity index (χ3n) is 5.24. The summed E-state index contributed by atoms with van der Waals surface area (Å²) < 4.78 is 0. The van der Waals surface area contributed by atoms with E-state index in [0.717, 1.165) is 27.9 Å². The van der Waals surface area contributed by atoms with Gasteiger partial charge in [-0.25, -0.2) is 4.99 Å². The van der Waals surface area contributed by atoms with Crippen molar-refractivity contribution in [3.05, 3.63) is 89.5 Å². The molecule has 1 saturated heterocycles. The van der Waals surface area contributed by atoms with E-state index in [1.807, 2.05) is 24.3 Å². The number of para-hydroxylation sites is 1. The van der Waals surface area contributed by atoms with Crippen molar-refractivity contribution in [3.8, 4) is 5.75 Å². The Bertz CT molecular complexity index is 1140. The van der Waals surface area contributed by atoms with Crippen LogP contribution in [0.25, 0.3) is 0 Å². The lowest BCUT2D eigenvalue weighted by Gasteiger charge is -2.18. The monoisotopic (exact) mass is 415 g/mol. The number of hydrogen-bond acceptors (Lipinski definition) is 5. The van der Waals surface area contributed by atoms with Crippen LogP contribution in [-0.2, 0) is 4.84 Å². The molecule has 3 aromatic carbocycles. The molecule has 0 aliphatic carbocycles. The number of hydrogen-bond donors (Lipinski definition) is 1. The molecule has 2 aliphatic heterocycles. The van der Waals surface area contributed by atoms with Crippen LogP contribution < -0.4 is 4.90 Å². The molecule has 30 heavy (non-hydrogen) atoms. The van der Waals surface area contributed by atoms with Gasteiger partial charge in [0.05, 0.1) is 5.69 Å². The van der Waals surface area contributed by atoms with Crippen LogP contribution in [0.3, 0.4) is 0 Å². The molecule has 0 saturated carbocycles. The molecule has 1 N–H and O–H groups in total. The first kappa shape index (κ1) is 18.8. The van der Waals surface area contributed by atoms with Gasteiger partial charge >= 0.3 is 0 Å². The Labute approximate surface area is 179 Å². The minimum atomic E-state index is -0.370. The van der Waals surface area contributed by atoms with Gasteiger partial charge in [-0.05, 0) is 44.2 Å². The maximum Gasteiger partial charge on any atom is 0.175 e. The Morgan fingerprint density at radius 3 is 2.30 bits per heavy atom. The number of fused-ring (bicyclic) bond motifs is 1. The topological polar surface area (TPSA) is 57.4 Å². The molecule has 2 aliphatic rings. The maximum absolute atomic E-state index is 10.3. The zero-order chi connectivity index (χ0) is 20.7. The molecular weight excluding hydrogens is 394 g/mol. The van der Waals surface area contributed by atoms with Crippen LogP contribution in [0.5, 0.6) is 5.75 Å². The Morgan fingerprint density at radius 2 is 1.60 bits per heavy atom. The SMILES string of the molecule is Cc1ccc(N=C2SC3C(=NOC3c3ccccc3O)N2c2ccc(C)cc2)cc1. The number of nitrogens with zero attached hydrogens (tertiary/aromatic N) is 3. The van der Waals surface area contributed by atoms with Crippen molar-refractivity contribution in [3.63, 3.8) is 0 Å². The lowest BCUT2D eigenvalue weighted by atomic mass is 10.0. The van der Waals surface area contributed by atoms with E-state index in [9.17, 15) is 5.11 Å². The van der Waals surface area contributed by atoms with Gasteiger partial charge in [-0.1, -0.05) is 70.5 Å². The number of phenols is 1. The summed E-state index contributed by atoms with van der Waals surface area (Å²) >= 11 is 1.61. The van der Waals surface area contributed by atoms with Crippen LogP contribution in [0.4, 0.5) is 11.4 Å². The molecular formula is C24H21N3O2S. The van der Waals surface area contributed by atoms with Crippen molar-refractivity contribution in [1.29, 1.82) is 0 Å². The summed E-state index contributed by atoms with van der Waals surface area (Å²) in [6.07, 6.45) is -0.370. The van der Waals surface area contributed by atoms with Gasteiger partial charge in [0.1, 0.15) is 11.0 Å². The number of amidine groups is 2. The highest BCUT2D eigenvalue weighted by Gasteiger charge is 2.48. The zero-order valence-corrected chi connectivity index (χ0v) is 17.5. The molecule has 1 fully saturated rings. The smallest absolute Gasteiger partial charge is 0.175 e. The molecule has 2 heterocycles. The van der Waals surface area contributed by atoms with Gasteiger partial charge in [0.2, 0.25) is 0 Å². The van der Waals surface area contributed by atoms with Crippen LogP contribution in [0.2, 0.25) is 0 Å². The Kier molecular flexibility index (Phi) is 4.71. The second-order valence-corrected chi connectivity index (χ2v) is 8.58. The van der Waals surface area contributed by atoms with Crippen LogP contribution in [-0.4, -0.2) is 21.4 Å². The van der Waals surface area contributed by atoms with E-state index >= 15 is 0 Å².